The number of nitrogens with two attached hydrogens (primary N) is 1. The molecular weight excluding hydrogens is 271 g/mol. The highest BCUT2D eigenvalue weighted by Gasteiger charge is 2.36. The van der Waals surface area contributed by atoms with E-state index in [0.29, 0.717) is 16.3 Å². The molecule has 0 aliphatic heterocycles. The van der Waals surface area contributed by atoms with Crippen molar-refractivity contribution in [2.45, 2.75) is 6.18 Å². The molecule has 20 heavy (non-hydrogen) atoms. The van der Waals surface area contributed by atoms with Crippen LogP contribution >= 0.6 is 0 Å². The number of rotatable bonds is 1. The molecule has 0 aliphatic carbocycles. The van der Waals surface area contributed by atoms with E-state index in [4.69, 9.17) is 12.4 Å². The minimum atomic E-state index is -4.79. The van der Waals surface area contributed by atoms with Gasteiger partial charge in [-0.3, -0.25) is 4.79 Å². The van der Waals surface area contributed by atoms with E-state index in [0.717, 1.165) is 0 Å². The quantitative estimate of drug-likeness (QED) is 0.644. The van der Waals surface area contributed by atoms with Crippen LogP contribution in [-0.2, 0) is 6.18 Å². The third-order valence-corrected chi connectivity index (χ3v) is 2.70. The standard InChI is InChI=1S/C13H8F3N3O/c1-18-11-9(13(14,15)16)7-10(19(17)12(11)20)8-5-3-2-4-6-8/h2-7H,17H2. The summed E-state index contributed by atoms with van der Waals surface area (Å²) in [6.45, 7) is 6.73. The lowest BCUT2D eigenvalue weighted by Gasteiger charge is -2.14. The molecule has 1 aromatic heterocycles. The van der Waals surface area contributed by atoms with Crippen molar-refractivity contribution >= 4 is 5.69 Å². The minimum absolute atomic E-state index is 0.102. The smallest absolute Gasteiger partial charge is 0.337 e. The van der Waals surface area contributed by atoms with Crippen molar-refractivity contribution in [1.82, 2.24) is 4.68 Å². The summed E-state index contributed by atoms with van der Waals surface area (Å²) in [6.07, 6.45) is -4.79. The van der Waals surface area contributed by atoms with Crippen LogP contribution in [0.3, 0.4) is 0 Å². The van der Waals surface area contributed by atoms with E-state index >= 15 is 0 Å². The first-order valence-electron chi connectivity index (χ1n) is 5.41. The summed E-state index contributed by atoms with van der Waals surface area (Å²) in [5.74, 6) is 5.50. The first-order chi connectivity index (χ1) is 9.36. The van der Waals surface area contributed by atoms with E-state index in [1.54, 1.807) is 18.2 Å². The number of aromatic nitrogens is 1. The molecular formula is C13H8F3N3O. The van der Waals surface area contributed by atoms with Gasteiger partial charge in [0.25, 0.3) is 11.2 Å². The van der Waals surface area contributed by atoms with Crippen LogP contribution in [0.25, 0.3) is 16.1 Å². The van der Waals surface area contributed by atoms with Crippen molar-refractivity contribution in [3.63, 3.8) is 0 Å². The number of hydrogen-bond donors (Lipinski definition) is 1. The minimum Gasteiger partial charge on any atom is -0.337 e. The Morgan fingerprint density at radius 2 is 1.80 bits per heavy atom. The van der Waals surface area contributed by atoms with Gasteiger partial charge in [0.05, 0.1) is 17.8 Å². The summed E-state index contributed by atoms with van der Waals surface area (Å²) < 4.78 is 39.3. The molecule has 2 N–H and O–H groups in total. The van der Waals surface area contributed by atoms with Gasteiger partial charge in [0.2, 0.25) is 0 Å². The summed E-state index contributed by atoms with van der Waals surface area (Å²) in [5, 5.41) is 0. The molecule has 0 amide bonds. The summed E-state index contributed by atoms with van der Waals surface area (Å²) in [6, 6.07) is 8.65. The normalized spacial score (nSPS) is 11.1. The Labute approximate surface area is 111 Å². The summed E-state index contributed by atoms with van der Waals surface area (Å²) in [5.41, 5.74) is -3.23. The van der Waals surface area contributed by atoms with Crippen LogP contribution in [0.2, 0.25) is 0 Å². The molecule has 4 nitrogen and oxygen atoms in total. The number of benzene rings is 1. The fourth-order valence-electron chi connectivity index (χ4n) is 1.77. The highest BCUT2D eigenvalue weighted by molar-refractivity contribution is 5.65. The molecule has 1 heterocycles. The fourth-order valence-corrected chi connectivity index (χ4v) is 1.77. The van der Waals surface area contributed by atoms with Gasteiger partial charge in [-0.2, -0.15) is 13.2 Å². The van der Waals surface area contributed by atoms with Gasteiger partial charge in [-0.15, -0.1) is 0 Å². The lowest BCUT2D eigenvalue weighted by atomic mass is 10.1. The molecule has 102 valence electrons. The molecule has 0 fully saturated rings. The highest BCUT2D eigenvalue weighted by Crippen LogP contribution is 2.36. The van der Waals surface area contributed by atoms with Crippen LogP contribution in [0.1, 0.15) is 5.56 Å². The van der Waals surface area contributed by atoms with Crippen LogP contribution in [0.15, 0.2) is 41.2 Å². The second kappa shape index (κ2) is 4.74. The molecule has 1 aromatic carbocycles. The van der Waals surface area contributed by atoms with Gasteiger partial charge < -0.3 is 5.84 Å². The highest BCUT2D eigenvalue weighted by atomic mass is 19.4. The SMILES string of the molecule is [C-]#[N+]c1c(C(F)(F)F)cc(-c2ccccc2)n(N)c1=O. The lowest BCUT2D eigenvalue weighted by molar-refractivity contribution is -0.136. The Hall–Kier alpha value is -2.75. The number of nitrogens with zero attached hydrogens (tertiary/aromatic N) is 2. The van der Waals surface area contributed by atoms with Crippen molar-refractivity contribution in [2.75, 3.05) is 5.84 Å². The molecule has 0 aliphatic rings. The largest absolute Gasteiger partial charge is 0.407 e. The molecule has 0 saturated carbocycles. The van der Waals surface area contributed by atoms with Gasteiger partial charge in [0.15, 0.2) is 0 Å². The van der Waals surface area contributed by atoms with Crippen LogP contribution < -0.4 is 11.4 Å². The number of pyridine rings is 1. The maximum atomic E-state index is 12.9. The number of alkyl halides is 3. The van der Waals surface area contributed by atoms with E-state index < -0.39 is 23.0 Å². The Morgan fingerprint density at radius 1 is 1.20 bits per heavy atom. The van der Waals surface area contributed by atoms with Crippen molar-refractivity contribution < 1.29 is 13.2 Å². The number of hydrogen-bond acceptors (Lipinski definition) is 2. The van der Waals surface area contributed by atoms with Crippen LogP contribution in [0.5, 0.6) is 0 Å². The lowest BCUT2D eigenvalue weighted by Crippen LogP contribution is -2.30. The zero-order valence-corrected chi connectivity index (χ0v) is 9.98. The average molecular weight is 279 g/mol. The first kappa shape index (κ1) is 13.7. The third kappa shape index (κ3) is 2.23. The molecule has 0 bridgehead atoms. The van der Waals surface area contributed by atoms with Crippen molar-refractivity contribution in [3.8, 4) is 11.3 Å². The van der Waals surface area contributed by atoms with Gasteiger partial charge in [-0.25, -0.2) is 9.52 Å². The maximum absolute atomic E-state index is 12.9. The van der Waals surface area contributed by atoms with Gasteiger partial charge >= 0.3 is 6.18 Å². The van der Waals surface area contributed by atoms with E-state index in [1.807, 2.05) is 0 Å². The van der Waals surface area contributed by atoms with Gasteiger partial charge in [0.1, 0.15) is 0 Å². The molecule has 0 atom stereocenters. The fraction of sp³-hybridized carbons (Fsp3) is 0.0769. The Morgan fingerprint density at radius 3 is 2.30 bits per heavy atom. The monoisotopic (exact) mass is 279 g/mol. The average Bonchev–Trinajstić information content (AvgIpc) is 2.41. The molecule has 7 heteroatoms. The summed E-state index contributed by atoms with van der Waals surface area (Å²) in [7, 11) is 0. The zero-order valence-electron chi connectivity index (χ0n) is 9.98. The second-order valence-corrected chi connectivity index (χ2v) is 3.94. The predicted molar refractivity (Wildman–Crippen MR) is 67.6 cm³/mol. The van der Waals surface area contributed by atoms with E-state index in [9.17, 15) is 18.0 Å². The van der Waals surface area contributed by atoms with E-state index in [1.165, 1.54) is 12.1 Å². The molecule has 0 radical (unpaired) electrons. The van der Waals surface area contributed by atoms with Crippen LogP contribution in [0, 0.1) is 6.57 Å². The summed E-state index contributed by atoms with van der Waals surface area (Å²) >= 11 is 0. The van der Waals surface area contributed by atoms with Gasteiger partial charge in [0, 0.05) is 5.56 Å². The maximum Gasteiger partial charge on any atom is 0.407 e. The molecule has 0 spiro atoms. The first-order valence-corrected chi connectivity index (χ1v) is 5.41. The van der Waals surface area contributed by atoms with E-state index in [2.05, 4.69) is 4.85 Å². The Bertz CT molecular complexity index is 742. The van der Waals surface area contributed by atoms with Crippen LogP contribution in [0.4, 0.5) is 18.9 Å². The molecule has 0 saturated heterocycles. The van der Waals surface area contributed by atoms with Crippen molar-refractivity contribution in [3.05, 3.63) is 63.7 Å². The third-order valence-electron chi connectivity index (χ3n) is 2.70. The molecule has 2 rings (SSSR count). The van der Waals surface area contributed by atoms with Gasteiger partial charge in [-0.1, -0.05) is 30.3 Å². The Balaban J connectivity index is 2.84. The number of nitrogen functional groups attached to an aromatic ring is 1. The van der Waals surface area contributed by atoms with Crippen molar-refractivity contribution in [2.24, 2.45) is 0 Å². The number of halogens is 3. The van der Waals surface area contributed by atoms with E-state index in [-0.39, 0.29) is 5.69 Å². The van der Waals surface area contributed by atoms with Gasteiger partial charge in [-0.05, 0) is 6.07 Å². The molecule has 0 unspecified atom stereocenters. The zero-order chi connectivity index (χ0) is 14.9. The molecule has 2 aromatic rings. The second-order valence-electron chi connectivity index (χ2n) is 3.94. The Kier molecular flexibility index (Phi) is 3.24. The predicted octanol–water partition coefficient (Wildman–Crippen LogP) is 2.80. The van der Waals surface area contributed by atoms with Crippen molar-refractivity contribution in [1.29, 1.82) is 0 Å². The topological polar surface area (TPSA) is 52.4 Å². The van der Waals surface area contributed by atoms with Crippen LogP contribution in [-0.4, -0.2) is 4.68 Å². The summed E-state index contributed by atoms with van der Waals surface area (Å²) in [4.78, 5) is 14.4.